The van der Waals surface area contributed by atoms with Gasteiger partial charge in [-0.1, -0.05) is 6.42 Å². The molecule has 6 heteroatoms. The number of anilines is 1. The van der Waals surface area contributed by atoms with Crippen molar-refractivity contribution in [3.05, 3.63) is 11.6 Å². The van der Waals surface area contributed by atoms with E-state index in [0.717, 1.165) is 50.3 Å². The van der Waals surface area contributed by atoms with Crippen molar-refractivity contribution in [2.75, 3.05) is 18.0 Å². The summed E-state index contributed by atoms with van der Waals surface area (Å²) in [4.78, 5) is 18.1. The highest BCUT2D eigenvalue weighted by molar-refractivity contribution is 7.13. The van der Waals surface area contributed by atoms with E-state index in [0.29, 0.717) is 12.1 Å². The number of nitrogens with zero attached hydrogens (tertiary/aromatic N) is 2. The average molecular weight is 308 g/mol. The first-order valence-electron chi connectivity index (χ1n) is 7.92. The maximum absolute atomic E-state index is 11.3. The van der Waals surface area contributed by atoms with Crippen LogP contribution in [0.5, 0.6) is 0 Å². The zero-order valence-electron chi connectivity index (χ0n) is 12.3. The maximum atomic E-state index is 11.3. The van der Waals surface area contributed by atoms with Crippen LogP contribution in [0.15, 0.2) is 11.6 Å². The number of piperidine rings is 1. The smallest absolute Gasteiger partial charge is 0.220 e. The van der Waals surface area contributed by atoms with Gasteiger partial charge in [0.25, 0.3) is 0 Å². The SMILES string of the molecule is NC(=O)[C@H]1CCC[C@@H](NC2CCN(c3nccs3)CC2)C1. The molecule has 1 aliphatic heterocycles. The number of thiazole rings is 1. The molecule has 0 unspecified atom stereocenters. The number of aromatic nitrogens is 1. The van der Waals surface area contributed by atoms with Crippen molar-refractivity contribution >= 4 is 22.4 Å². The van der Waals surface area contributed by atoms with Gasteiger partial charge in [-0.2, -0.15) is 0 Å². The Balaban J connectivity index is 1.46. The summed E-state index contributed by atoms with van der Waals surface area (Å²) in [5, 5.41) is 6.93. The highest BCUT2D eigenvalue weighted by Gasteiger charge is 2.28. The number of amides is 1. The quantitative estimate of drug-likeness (QED) is 0.889. The topological polar surface area (TPSA) is 71.2 Å². The molecule has 2 fully saturated rings. The first-order valence-corrected chi connectivity index (χ1v) is 8.80. The minimum atomic E-state index is -0.125. The van der Waals surface area contributed by atoms with Crippen LogP contribution in [0.4, 0.5) is 5.13 Å². The second-order valence-electron chi connectivity index (χ2n) is 6.21. The highest BCUT2D eigenvalue weighted by Crippen LogP contribution is 2.26. The summed E-state index contributed by atoms with van der Waals surface area (Å²) in [6.07, 6.45) is 8.35. The largest absolute Gasteiger partial charge is 0.369 e. The zero-order valence-corrected chi connectivity index (χ0v) is 13.1. The Morgan fingerprint density at radius 2 is 2.10 bits per heavy atom. The Labute approximate surface area is 129 Å². The Morgan fingerprint density at radius 1 is 1.29 bits per heavy atom. The van der Waals surface area contributed by atoms with Crippen molar-refractivity contribution in [2.45, 2.75) is 50.6 Å². The first-order chi connectivity index (χ1) is 10.2. The van der Waals surface area contributed by atoms with Crippen LogP contribution in [0.1, 0.15) is 38.5 Å². The molecule has 1 aliphatic carbocycles. The average Bonchev–Trinajstić information content (AvgIpc) is 3.02. The summed E-state index contributed by atoms with van der Waals surface area (Å²) in [5.41, 5.74) is 5.46. The fourth-order valence-corrected chi connectivity index (χ4v) is 4.24. The maximum Gasteiger partial charge on any atom is 0.220 e. The van der Waals surface area contributed by atoms with Crippen LogP contribution in [0.3, 0.4) is 0 Å². The molecule has 1 aromatic rings. The molecule has 3 rings (SSSR count). The Kier molecular flexibility index (Phi) is 4.75. The van der Waals surface area contributed by atoms with Crippen LogP contribution >= 0.6 is 11.3 Å². The number of nitrogens with two attached hydrogens (primary N) is 1. The summed E-state index contributed by atoms with van der Waals surface area (Å²) in [6.45, 7) is 2.13. The number of rotatable bonds is 4. The highest BCUT2D eigenvalue weighted by atomic mass is 32.1. The van der Waals surface area contributed by atoms with Gasteiger partial charge in [0.15, 0.2) is 5.13 Å². The predicted molar refractivity (Wildman–Crippen MR) is 85.4 cm³/mol. The zero-order chi connectivity index (χ0) is 14.7. The summed E-state index contributed by atoms with van der Waals surface area (Å²) < 4.78 is 0. The van der Waals surface area contributed by atoms with Crippen molar-refractivity contribution in [3.8, 4) is 0 Å². The molecule has 5 nitrogen and oxygen atoms in total. The lowest BCUT2D eigenvalue weighted by molar-refractivity contribution is -0.123. The van der Waals surface area contributed by atoms with E-state index < -0.39 is 0 Å². The van der Waals surface area contributed by atoms with E-state index in [1.165, 1.54) is 6.42 Å². The molecule has 2 aliphatic rings. The molecule has 0 radical (unpaired) electrons. The molecule has 1 amide bonds. The molecule has 0 spiro atoms. The summed E-state index contributed by atoms with van der Waals surface area (Å²) >= 11 is 1.71. The van der Waals surface area contributed by atoms with Gasteiger partial charge in [0, 0.05) is 42.7 Å². The van der Waals surface area contributed by atoms with Gasteiger partial charge in [-0.05, 0) is 32.1 Å². The van der Waals surface area contributed by atoms with Crippen LogP contribution in [0, 0.1) is 5.92 Å². The number of nitrogens with one attached hydrogen (secondary N) is 1. The number of carbonyl (C=O) groups excluding carboxylic acids is 1. The molecule has 21 heavy (non-hydrogen) atoms. The lowest BCUT2D eigenvalue weighted by atomic mass is 9.84. The molecule has 0 aromatic carbocycles. The first kappa shape index (κ1) is 14.8. The molecule has 1 aromatic heterocycles. The molecule has 0 bridgehead atoms. The van der Waals surface area contributed by atoms with Gasteiger partial charge < -0.3 is 16.0 Å². The lowest BCUT2D eigenvalue weighted by Crippen LogP contribution is -2.48. The van der Waals surface area contributed by atoms with Gasteiger partial charge in [-0.3, -0.25) is 4.79 Å². The van der Waals surface area contributed by atoms with Crippen molar-refractivity contribution in [1.29, 1.82) is 0 Å². The van der Waals surface area contributed by atoms with Gasteiger partial charge in [-0.25, -0.2) is 4.98 Å². The number of carbonyl (C=O) groups is 1. The Hall–Kier alpha value is -1.14. The van der Waals surface area contributed by atoms with Gasteiger partial charge >= 0.3 is 0 Å². The molecular weight excluding hydrogens is 284 g/mol. The summed E-state index contributed by atoms with van der Waals surface area (Å²) in [7, 11) is 0. The third kappa shape index (κ3) is 3.74. The minimum Gasteiger partial charge on any atom is -0.369 e. The van der Waals surface area contributed by atoms with Crippen LogP contribution in [-0.4, -0.2) is 36.1 Å². The second kappa shape index (κ2) is 6.75. The molecule has 1 saturated heterocycles. The monoisotopic (exact) mass is 308 g/mol. The van der Waals surface area contributed by atoms with Crippen LogP contribution in [-0.2, 0) is 4.79 Å². The number of primary amides is 1. The van der Waals surface area contributed by atoms with Crippen molar-refractivity contribution in [2.24, 2.45) is 11.7 Å². The second-order valence-corrected chi connectivity index (χ2v) is 7.08. The van der Waals surface area contributed by atoms with Crippen molar-refractivity contribution in [1.82, 2.24) is 10.3 Å². The standard InChI is InChI=1S/C15H24N4OS/c16-14(20)11-2-1-3-13(10-11)18-12-4-7-19(8-5-12)15-17-6-9-21-15/h6,9,11-13,18H,1-5,7-8,10H2,(H2,16,20)/t11-,13+/m0/s1. The van der Waals surface area contributed by atoms with E-state index in [1.807, 2.05) is 11.6 Å². The third-order valence-electron chi connectivity index (χ3n) is 4.73. The van der Waals surface area contributed by atoms with E-state index in [2.05, 4.69) is 15.2 Å². The van der Waals surface area contributed by atoms with Crippen molar-refractivity contribution < 1.29 is 4.79 Å². The van der Waals surface area contributed by atoms with Gasteiger partial charge in [-0.15, -0.1) is 11.3 Å². The van der Waals surface area contributed by atoms with Gasteiger partial charge in [0.05, 0.1) is 0 Å². The van der Waals surface area contributed by atoms with E-state index in [9.17, 15) is 4.79 Å². The van der Waals surface area contributed by atoms with E-state index in [4.69, 9.17) is 5.73 Å². The fourth-order valence-electron chi connectivity index (χ4n) is 3.54. The normalized spacial score (nSPS) is 27.7. The molecule has 2 atom stereocenters. The fraction of sp³-hybridized carbons (Fsp3) is 0.733. The summed E-state index contributed by atoms with van der Waals surface area (Å²) in [5.74, 6) is -0.0493. The Morgan fingerprint density at radius 3 is 2.76 bits per heavy atom. The van der Waals surface area contributed by atoms with Crippen LogP contribution < -0.4 is 16.0 Å². The van der Waals surface area contributed by atoms with E-state index in [1.54, 1.807) is 11.3 Å². The van der Waals surface area contributed by atoms with Crippen LogP contribution in [0.2, 0.25) is 0 Å². The Bertz CT molecular complexity index is 456. The summed E-state index contributed by atoms with van der Waals surface area (Å²) in [6, 6.07) is 1.03. The van der Waals surface area contributed by atoms with E-state index in [-0.39, 0.29) is 11.8 Å². The number of hydrogen-bond acceptors (Lipinski definition) is 5. The van der Waals surface area contributed by atoms with Crippen LogP contribution in [0.25, 0.3) is 0 Å². The molecule has 3 N–H and O–H groups in total. The molecule has 2 heterocycles. The van der Waals surface area contributed by atoms with Gasteiger partial charge in [0.2, 0.25) is 5.91 Å². The van der Waals surface area contributed by atoms with E-state index >= 15 is 0 Å². The lowest BCUT2D eigenvalue weighted by Gasteiger charge is -2.36. The minimum absolute atomic E-state index is 0.0756. The number of hydrogen-bond donors (Lipinski definition) is 2. The predicted octanol–water partition coefficient (Wildman–Crippen LogP) is 1.75. The third-order valence-corrected chi connectivity index (χ3v) is 5.56. The van der Waals surface area contributed by atoms with Crippen molar-refractivity contribution in [3.63, 3.8) is 0 Å². The molecular formula is C15H24N4OS. The molecule has 116 valence electrons. The molecule has 1 saturated carbocycles. The van der Waals surface area contributed by atoms with Gasteiger partial charge in [0.1, 0.15) is 0 Å².